The predicted molar refractivity (Wildman–Crippen MR) is 250 cm³/mol. The van der Waals surface area contributed by atoms with E-state index in [2.05, 4.69) is 209 Å². The monoisotopic (exact) mass is 759 g/mol. The molecule has 12 rings (SSSR count). The van der Waals surface area contributed by atoms with Gasteiger partial charge in [-0.1, -0.05) is 167 Å². The lowest BCUT2D eigenvalue weighted by Crippen LogP contribution is -2.18. The molecule has 0 radical (unpaired) electrons. The molecule has 2 aliphatic carbocycles. The van der Waals surface area contributed by atoms with Crippen molar-refractivity contribution in [1.82, 2.24) is 0 Å². The first-order valence-electron chi connectivity index (χ1n) is 20.4. The first-order valence-corrected chi connectivity index (χ1v) is 21.2. The summed E-state index contributed by atoms with van der Waals surface area (Å²) in [5.74, 6) is 0. The molecule has 2 aliphatic rings. The maximum Gasteiger partial charge on any atom is 0.0549 e. The van der Waals surface area contributed by atoms with Gasteiger partial charge in [-0.05, 0) is 102 Å². The number of rotatable bonds is 4. The van der Waals surface area contributed by atoms with Crippen LogP contribution in [0.4, 0.5) is 17.1 Å². The molecule has 0 saturated carbocycles. The SMILES string of the molecule is CC1(C)c2ccccc2-c2c(N(c3ccc(-c4ccc5c(c4)sc4ccccc45)cc3)c3cc4ccccc4c4c3-c3ccccc3C4(C)C)cc3ccccc3c21. The topological polar surface area (TPSA) is 3.24 Å². The highest BCUT2D eigenvalue weighted by Gasteiger charge is 2.42. The van der Waals surface area contributed by atoms with E-state index in [4.69, 9.17) is 0 Å². The number of hydrogen-bond donors (Lipinski definition) is 0. The fourth-order valence-electron chi connectivity index (χ4n) is 10.7. The number of fused-ring (bicyclic) bond motifs is 13. The second-order valence-corrected chi connectivity index (χ2v) is 18.4. The minimum Gasteiger partial charge on any atom is -0.309 e. The highest BCUT2D eigenvalue weighted by atomic mass is 32.1. The highest BCUT2D eigenvalue weighted by Crippen LogP contribution is 2.60. The van der Waals surface area contributed by atoms with E-state index in [-0.39, 0.29) is 10.8 Å². The second kappa shape index (κ2) is 12.0. The first-order chi connectivity index (χ1) is 28.3. The van der Waals surface area contributed by atoms with E-state index in [1.54, 1.807) is 0 Å². The van der Waals surface area contributed by atoms with Gasteiger partial charge in [0.25, 0.3) is 0 Å². The summed E-state index contributed by atoms with van der Waals surface area (Å²) in [6.07, 6.45) is 0. The molecule has 1 aromatic heterocycles. The zero-order valence-electron chi connectivity index (χ0n) is 33.1. The lowest BCUT2D eigenvalue weighted by Gasteiger charge is -2.33. The number of hydrogen-bond acceptors (Lipinski definition) is 2. The zero-order chi connectivity index (χ0) is 38.9. The van der Waals surface area contributed by atoms with E-state index < -0.39 is 0 Å². The molecule has 0 atom stereocenters. The summed E-state index contributed by atoms with van der Waals surface area (Å²) in [6.45, 7) is 9.64. The van der Waals surface area contributed by atoms with Crippen LogP contribution >= 0.6 is 11.3 Å². The maximum atomic E-state index is 2.60. The van der Waals surface area contributed by atoms with Crippen molar-refractivity contribution in [2.24, 2.45) is 0 Å². The Hall–Kier alpha value is -6.48. The van der Waals surface area contributed by atoms with Crippen LogP contribution in [0.2, 0.25) is 0 Å². The average Bonchev–Trinajstić information content (AvgIpc) is 3.84. The second-order valence-electron chi connectivity index (χ2n) is 17.3. The molecule has 1 heterocycles. The Morgan fingerprint density at radius 3 is 1.45 bits per heavy atom. The Labute approximate surface area is 343 Å². The van der Waals surface area contributed by atoms with Crippen LogP contribution < -0.4 is 4.90 Å². The van der Waals surface area contributed by atoms with Gasteiger partial charge in [0.2, 0.25) is 0 Å². The van der Waals surface area contributed by atoms with E-state index in [1.165, 1.54) is 109 Å². The van der Waals surface area contributed by atoms with Crippen molar-refractivity contribution in [1.29, 1.82) is 0 Å². The summed E-state index contributed by atoms with van der Waals surface area (Å²) in [7, 11) is 0. The van der Waals surface area contributed by atoms with Crippen LogP contribution in [0.3, 0.4) is 0 Å². The van der Waals surface area contributed by atoms with Gasteiger partial charge in [-0.3, -0.25) is 0 Å². The third-order valence-corrected chi connectivity index (χ3v) is 14.5. The molecule has 58 heavy (non-hydrogen) atoms. The van der Waals surface area contributed by atoms with Gasteiger partial charge in [0, 0.05) is 47.8 Å². The smallest absolute Gasteiger partial charge is 0.0549 e. The van der Waals surface area contributed by atoms with Gasteiger partial charge in [0.15, 0.2) is 0 Å². The summed E-state index contributed by atoms with van der Waals surface area (Å²) < 4.78 is 2.66. The molecule has 10 aromatic rings. The molecule has 276 valence electrons. The van der Waals surface area contributed by atoms with E-state index in [0.29, 0.717) is 0 Å². The van der Waals surface area contributed by atoms with Crippen LogP contribution in [-0.4, -0.2) is 0 Å². The number of benzene rings is 9. The van der Waals surface area contributed by atoms with Crippen LogP contribution in [0.5, 0.6) is 0 Å². The van der Waals surface area contributed by atoms with Crippen molar-refractivity contribution < 1.29 is 0 Å². The van der Waals surface area contributed by atoms with E-state index in [9.17, 15) is 0 Å². The summed E-state index contributed by atoms with van der Waals surface area (Å²) in [6, 6.07) is 66.2. The fourth-order valence-corrected chi connectivity index (χ4v) is 11.9. The average molecular weight is 760 g/mol. The lowest BCUT2D eigenvalue weighted by molar-refractivity contribution is 0.666. The molecular weight excluding hydrogens is 719 g/mol. The van der Waals surface area contributed by atoms with Crippen molar-refractivity contribution in [3.63, 3.8) is 0 Å². The quantitative estimate of drug-likeness (QED) is 0.173. The van der Waals surface area contributed by atoms with Gasteiger partial charge in [-0.25, -0.2) is 0 Å². The van der Waals surface area contributed by atoms with E-state index in [0.717, 1.165) is 5.69 Å². The van der Waals surface area contributed by atoms with Gasteiger partial charge in [-0.15, -0.1) is 11.3 Å². The molecular formula is C56H41NS. The zero-order valence-corrected chi connectivity index (χ0v) is 33.9. The van der Waals surface area contributed by atoms with Crippen LogP contribution in [0.25, 0.3) is 75.1 Å². The minimum absolute atomic E-state index is 0.178. The fraction of sp³-hybridized carbons (Fsp3) is 0.107. The Kier molecular flexibility index (Phi) is 6.97. The maximum absolute atomic E-state index is 2.60. The molecule has 0 amide bonds. The van der Waals surface area contributed by atoms with Crippen molar-refractivity contribution in [3.8, 4) is 33.4 Å². The normalized spacial score (nSPS) is 14.5. The standard InChI is InChI=1S/C56H41NS/c1-55(2)45-22-12-9-20-43(45)51-47(31-36-15-5-7-17-39(36)53(51)55)57(38-28-25-34(26-29-38)35-27-30-42-41-19-11-14-24-49(41)58-50(42)33-35)48-32-37-16-6-8-18-40(37)54-52(48)44-21-10-13-23-46(44)56(54,3)4/h5-33H,1-4H3. The van der Waals surface area contributed by atoms with Crippen LogP contribution in [-0.2, 0) is 10.8 Å². The van der Waals surface area contributed by atoms with Crippen molar-refractivity contribution in [2.75, 3.05) is 4.90 Å². The van der Waals surface area contributed by atoms with Crippen LogP contribution in [0.1, 0.15) is 49.9 Å². The molecule has 0 saturated heterocycles. The number of anilines is 3. The van der Waals surface area contributed by atoms with Gasteiger partial charge >= 0.3 is 0 Å². The summed E-state index contributed by atoms with van der Waals surface area (Å²) in [5, 5.41) is 7.82. The third kappa shape index (κ3) is 4.58. The van der Waals surface area contributed by atoms with Crippen molar-refractivity contribution >= 4 is 70.1 Å². The van der Waals surface area contributed by atoms with Gasteiger partial charge in [0.05, 0.1) is 11.4 Å². The van der Waals surface area contributed by atoms with Crippen LogP contribution in [0.15, 0.2) is 176 Å². The third-order valence-electron chi connectivity index (χ3n) is 13.4. The summed E-state index contributed by atoms with van der Waals surface area (Å²) in [5.41, 5.74) is 16.5. The molecule has 0 unspecified atom stereocenters. The summed E-state index contributed by atoms with van der Waals surface area (Å²) >= 11 is 1.88. The molecule has 0 aliphatic heterocycles. The van der Waals surface area contributed by atoms with E-state index >= 15 is 0 Å². The highest BCUT2D eigenvalue weighted by molar-refractivity contribution is 7.25. The number of nitrogens with zero attached hydrogens (tertiary/aromatic N) is 1. The molecule has 0 spiro atoms. The lowest BCUT2D eigenvalue weighted by atomic mass is 9.79. The van der Waals surface area contributed by atoms with Gasteiger partial charge in [0.1, 0.15) is 0 Å². The van der Waals surface area contributed by atoms with Gasteiger partial charge < -0.3 is 4.90 Å². The Bertz CT molecular complexity index is 3200. The Morgan fingerprint density at radius 2 is 0.862 bits per heavy atom. The molecule has 2 heteroatoms. The molecule has 9 aromatic carbocycles. The van der Waals surface area contributed by atoms with Crippen molar-refractivity contribution in [3.05, 3.63) is 198 Å². The molecule has 0 N–H and O–H groups in total. The van der Waals surface area contributed by atoms with Crippen molar-refractivity contribution in [2.45, 2.75) is 38.5 Å². The molecule has 0 fully saturated rings. The summed E-state index contributed by atoms with van der Waals surface area (Å²) in [4.78, 5) is 2.60. The number of thiophene rings is 1. The van der Waals surface area contributed by atoms with Crippen LogP contribution in [0, 0.1) is 0 Å². The Morgan fingerprint density at radius 1 is 0.397 bits per heavy atom. The first kappa shape index (κ1) is 33.6. The Balaban J connectivity index is 1.16. The van der Waals surface area contributed by atoms with Gasteiger partial charge in [-0.2, -0.15) is 0 Å². The largest absolute Gasteiger partial charge is 0.309 e. The predicted octanol–water partition coefficient (Wildman–Crippen LogP) is 16.1. The molecule has 1 nitrogen and oxygen atoms in total. The molecule has 0 bridgehead atoms. The van der Waals surface area contributed by atoms with E-state index in [1.807, 2.05) is 11.3 Å². The minimum atomic E-state index is -0.178.